The van der Waals surface area contributed by atoms with Gasteiger partial charge in [0, 0.05) is 5.54 Å². The average molecular weight is 220 g/mol. The van der Waals surface area contributed by atoms with Crippen LogP contribution in [0.3, 0.4) is 0 Å². The molecule has 14 heavy (non-hydrogen) atoms. The fraction of sp³-hybridized carbons (Fsp3) is 0.900. The second kappa shape index (κ2) is 4.49. The standard InChI is InChI=1S/C10H17NO2.ClH/c1-13-9(12)8-10-4-2-6-11(10)7-3-5-10;/h2-8H2,1H3;1H. The lowest BCUT2D eigenvalue weighted by Gasteiger charge is -2.30. The number of rotatable bonds is 2. The van der Waals surface area contributed by atoms with Crippen LogP contribution in [0.2, 0.25) is 0 Å². The first kappa shape index (κ1) is 11.8. The first-order chi connectivity index (χ1) is 6.27. The van der Waals surface area contributed by atoms with Gasteiger partial charge in [0.15, 0.2) is 0 Å². The van der Waals surface area contributed by atoms with E-state index in [1.54, 1.807) is 0 Å². The number of esters is 1. The normalized spacial score (nSPS) is 24.1. The van der Waals surface area contributed by atoms with Gasteiger partial charge in [-0.25, -0.2) is 0 Å². The van der Waals surface area contributed by atoms with Crippen molar-refractivity contribution in [3.05, 3.63) is 0 Å². The van der Waals surface area contributed by atoms with E-state index in [4.69, 9.17) is 4.74 Å². The average Bonchev–Trinajstić information content (AvgIpc) is 2.62. The topological polar surface area (TPSA) is 29.5 Å². The first-order valence-corrected chi connectivity index (χ1v) is 5.09. The number of fused-ring (bicyclic) bond motifs is 1. The summed E-state index contributed by atoms with van der Waals surface area (Å²) in [5, 5.41) is 0. The van der Waals surface area contributed by atoms with Crippen LogP contribution in [-0.2, 0) is 9.53 Å². The SMILES string of the molecule is COC(=O)CC12CCCN1CCC2.Cl. The highest BCUT2D eigenvalue weighted by Crippen LogP contribution is 2.41. The molecule has 0 aliphatic carbocycles. The molecule has 0 amide bonds. The van der Waals surface area contributed by atoms with Crippen LogP contribution in [0.15, 0.2) is 0 Å². The molecule has 0 radical (unpaired) electrons. The Balaban J connectivity index is 0.000000980. The lowest BCUT2D eigenvalue weighted by molar-refractivity contribution is -0.143. The molecule has 0 bridgehead atoms. The fourth-order valence-electron chi connectivity index (χ4n) is 2.85. The molecular formula is C10H18ClNO2. The molecule has 4 heteroatoms. The van der Waals surface area contributed by atoms with Gasteiger partial charge in [-0.15, -0.1) is 12.4 Å². The van der Waals surface area contributed by atoms with Gasteiger partial charge < -0.3 is 4.74 Å². The molecule has 2 heterocycles. The molecule has 0 atom stereocenters. The van der Waals surface area contributed by atoms with E-state index < -0.39 is 0 Å². The summed E-state index contributed by atoms with van der Waals surface area (Å²) in [6.07, 6.45) is 5.46. The minimum absolute atomic E-state index is 0. The Kier molecular flexibility index (Phi) is 3.78. The highest BCUT2D eigenvalue weighted by Gasteiger charge is 2.45. The minimum Gasteiger partial charge on any atom is -0.469 e. The van der Waals surface area contributed by atoms with Gasteiger partial charge in [0.1, 0.15) is 0 Å². The van der Waals surface area contributed by atoms with Gasteiger partial charge in [0.25, 0.3) is 0 Å². The summed E-state index contributed by atoms with van der Waals surface area (Å²) in [6, 6.07) is 0. The predicted octanol–water partition coefficient (Wildman–Crippen LogP) is 1.60. The molecule has 0 N–H and O–H groups in total. The Bertz CT molecular complexity index is 210. The van der Waals surface area contributed by atoms with E-state index in [9.17, 15) is 4.79 Å². The maximum absolute atomic E-state index is 11.3. The number of carbonyl (C=O) groups is 1. The fourth-order valence-corrected chi connectivity index (χ4v) is 2.85. The van der Waals surface area contributed by atoms with Gasteiger partial charge in [-0.1, -0.05) is 0 Å². The molecule has 2 rings (SSSR count). The Hall–Kier alpha value is -0.280. The van der Waals surface area contributed by atoms with Gasteiger partial charge in [0.05, 0.1) is 13.5 Å². The van der Waals surface area contributed by atoms with E-state index in [0.717, 1.165) is 0 Å². The minimum atomic E-state index is -0.0474. The van der Waals surface area contributed by atoms with E-state index in [2.05, 4.69) is 4.90 Å². The summed E-state index contributed by atoms with van der Waals surface area (Å²) in [4.78, 5) is 13.7. The third-order valence-corrected chi connectivity index (χ3v) is 3.51. The molecule has 2 fully saturated rings. The lowest BCUT2D eigenvalue weighted by atomic mass is 9.90. The number of nitrogens with zero attached hydrogens (tertiary/aromatic N) is 1. The molecule has 0 aromatic rings. The molecule has 0 unspecified atom stereocenters. The Labute approximate surface area is 91.2 Å². The number of carbonyl (C=O) groups excluding carboxylic acids is 1. The highest BCUT2D eigenvalue weighted by molar-refractivity contribution is 5.85. The number of hydrogen-bond donors (Lipinski definition) is 0. The number of halogens is 1. The molecule has 2 aliphatic heterocycles. The van der Waals surface area contributed by atoms with Gasteiger partial charge in [0.2, 0.25) is 0 Å². The van der Waals surface area contributed by atoms with Crippen LogP contribution >= 0.6 is 12.4 Å². The monoisotopic (exact) mass is 219 g/mol. The second-order valence-corrected chi connectivity index (χ2v) is 4.17. The molecule has 0 aromatic carbocycles. The van der Waals surface area contributed by atoms with Crippen molar-refractivity contribution >= 4 is 18.4 Å². The van der Waals surface area contributed by atoms with E-state index >= 15 is 0 Å². The molecular weight excluding hydrogens is 202 g/mol. The number of methoxy groups -OCH3 is 1. The Morgan fingerprint density at radius 3 is 2.43 bits per heavy atom. The van der Waals surface area contributed by atoms with Crippen molar-refractivity contribution in [1.82, 2.24) is 4.90 Å². The van der Waals surface area contributed by atoms with Crippen LogP contribution in [0, 0.1) is 0 Å². The third kappa shape index (κ3) is 1.89. The molecule has 0 saturated carbocycles. The maximum Gasteiger partial charge on any atom is 0.307 e. The van der Waals surface area contributed by atoms with E-state index in [0.29, 0.717) is 6.42 Å². The van der Waals surface area contributed by atoms with Crippen LogP contribution in [0.1, 0.15) is 32.1 Å². The molecule has 0 aromatic heterocycles. The summed E-state index contributed by atoms with van der Waals surface area (Å²) < 4.78 is 4.75. The molecule has 2 saturated heterocycles. The van der Waals surface area contributed by atoms with Gasteiger partial charge in [-0.3, -0.25) is 9.69 Å². The molecule has 82 valence electrons. The van der Waals surface area contributed by atoms with Crippen LogP contribution in [-0.4, -0.2) is 36.6 Å². The summed E-state index contributed by atoms with van der Waals surface area (Å²) in [5.74, 6) is -0.0474. The van der Waals surface area contributed by atoms with Crippen molar-refractivity contribution in [3.63, 3.8) is 0 Å². The number of hydrogen-bond acceptors (Lipinski definition) is 3. The number of ether oxygens (including phenoxy) is 1. The van der Waals surface area contributed by atoms with Gasteiger partial charge >= 0.3 is 5.97 Å². The first-order valence-electron chi connectivity index (χ1n) is 5.09. The summed E-state index contributed by atoms with van der Waals surface area (Å²) in [6.45, 7) is 2.36. The van der Waals surface area contributed by atoms with E-state index in [1.165, 1.54) is 45.9 Å². The van der Waals surface area contributed by atoms with Crippen LogP contribution in [0.25, 0.3) is 0 Å². The largest absolute Gasteiger partial charge is 0.469 e. The smallest absolute Gasteiger partial charge is 0.307 e. The van der Waals surface area contributed by atoms with Crippen molar-refractivity contribution in [2.24, 2.45) is 0 Å². The predicted molar refractivity (Wildman–Crippen MR) is 56.7 cm³/mol. The van der Waals surface area contributed by atoms with Crippen molar-refractivity contribution in [3.8, 4) is 0 Å². The van der Waals surface area contributed by atoms with Crippen LogP contribution < -0.4 is 0 Å². The van der Waals surface area contributed by atoms with E-state index in [1.807, 2.05) is 0 Å². The summed E-state index contributed by atoms with van der Waals surface area (Å²) >= 11 is 0. The van der Waals surface area contributed by atoms with Crippen molar-refractivity contribution in [2.45, 2.75) is 37.6 Å². The molecule has 0 spiro atoms. The maximum atomic E-state index is 11.3. The second-order valence-electron chi connectivity index (χ2n) is 4.17. The zero-order chi connectivity index (χ0) is 9.31. The zero-order valence-electron chi connectivity index (χ0n) is 8.62. The summed E-state index contributed by atoms with van der Waals surface area (Å²) in [5.41, 5.74) is 0.188. The molecule has 3 nitrogen and oxygen atoms in total. The van der Waals surface area contributed by atoms with E-state index in [-0.39, 0.29) is 23.9 Å². The van der Waals surface area contributed by atoms with Gasteiger partial charge in [-0.05, 0) is 38.8 Å². The van der Waals surface area contributed by atoms with Crippen molar-refractivity contribution in [2.75, 3.05) is 20.2 Å². The Morgan fingerprint density at radius 1 is 1.36 bits per heavy atom. The van der Waals surface area contributed by atoms with Crippen LogP contribution in [0.4, 0.5) is 0 Å². The van der Waals surface area contributed by atoms with Gasteiger partial charge in [-0.2, -0.15) is 0 Å². The summed E-state index contributed by atoms with van der Waals surface area (Å²) in [7, 11) is 1.48. The van der Waals surface area contributed by atoms with Crippen LogP contribution in [0.5, 0.6) is 0 Å². The lowest BCUT2D eigenvalue weighted by Crippen LogP contribution is -2.40. The highest BCUT2D eigenvalue weighted by atomic mass is 35.5. The van der Waals surface area contributed by atoms with Crippen molar-refractivity contribution < 1.29 is 9.53 Å². The Morgan fingerprint density at radius 2 is 1.93 bits per heavy atom. The zero-order valence-corrected chi connectivity index (χ0v) is 9.44. The quantitative estimate of drug-likeness (QED) is 0.661. The third-order valence-electron chi connectivity index (χ3n) is 3.51. The molecule has 2 aliphatic rings. The van der Waals surface area contributed by atoms with Crippen molar-refractivity contribution in [1.29, 1.82) is 0 Å².